The molecule has 0 spiro atoms. The Kier molecular flexibility index (Phi) is 7.09. The van der Waals surface area contributed by atoms with Gasteiger partial charge in [0.25, 0.3) is 5.91 Å². The number of aliphatic hydroxyl groups excluding tert-OH is 2. The van der Waals surface area contributed by atoms with Gasteiger partial charge in [0.2, 0.25) is 11.9 Å². The first-order valence-corrected chi connectivity index (χ1v) is 12.8. The molecule has 8 atom stereocenters. The summed E-state index contributed by atoms with van der Waals surface area (Å²) < 4.78 is 35.2. The molecule has 38 heavy (non-hydrogen) atoms. The van der Waals surface area contributed by atoms with Gasteiger partial charge in [-0.05, 0) is 0 Å². The summed E-state index contributed by atoms with van der Waals surface area (Å²) in [6, 6.07) is -0.961. The van der Waals surface area contributed by atoms with Crippen LogP contribution in [0.4, 0.5) is 5.95 Å². The number of aliphatic imine (C=N–C) groups is 3. The zero-order valence-corrected chi connectivity index (χ0v) is 20.4. The molecule has 5 rings (SSSR count). The molecule has 2 saturated heterocycles. The molecule has 1 amide bonds. The van der Waals surface area contributed by atoms with Gasteiger partial charge in [-0.15, -0.1) is 0 Å². The Hall–Kier alpha value is -3.16. The van der Waals surface area contributed by atoms with Crippen LogP contribution < -0.4 is 17.2 Å². The first-order chi connectivity index (χ1) is 18.0. The fourth-order valence-electron chi connectivity index (χ4n) is 4.34. The van der Waals surface area contributed by atoms with E-state index in [1.165, 1.54) is 11.2 Å². The van der Waals surface area contributed by atoms with Gasteiger partial charge < -0.3 is 36.0 Å². The summed E-state index contributed by atoms with van der Waals surface area (Å²) in [6.07, 6.45) is -3.83. The number of fused-ring (bicyclic) bond motifs is 1. The number of phosphoric acid groups is 1. The zero-order valence-electron chi connectivity index (χ0n) is 19.5. The molecule has 0 aromatic carbocycles. The topological polar surface area (TPSA) is 272 Å². The smallest absolute Gasteiger partial charge is 0.394 e. The molecular weight excluding hydrogens is 533 g/mol. The van der Waals surface area contributed by atoms with Crippen LogP contribution in [0.3, 0.4) is 0 Å². The standard InChI is InChI=1S/C18H24N9O10P/c19-16-22-6-27(18(31)25-16)12-2-8(9(3-28)35-12)37-38(32,33)34-4-10-7(29)1-11(36-10)26-5-21-13-14(26)23-17(20)24-15(13)30/h5-13,28-29H,1-4H2,(H,32,33)(H2,19,25,31)(H2,20,24,30)/t7-,8-,9+,10+,11+,12+,13?/m0/s1. The fourth-order valence-corrected chi connectivity index (χ4v) is 5.30. The van der Waals surface area contributed by atoms with Gasteiger partial charge in [-0.3, -0.25) is 28.3 Å². The van der Waals surface area contributed by atoms with E-state index in [2.05, 4.69) is 24.9 Å². The van der Waals surface area contributed by atoms with Crippen LogP contribution in [0, 0.1) is 0 Å². The summed E-state index contributed by atoms with van der Waals surface area (Å²) in [5.74, 6) is -0.871. The maximum atomic E-state index is 12.7. The quantitative estimate of drug-likeness (QED) is 0.193. The predicted octanol–water partition coefficient (Wildman–Crippen LogP) is -3.56. The van der Waals surface area contributed by atoms with Gasteiger partial charge in [0, 0.05) is 12.8 Å². The summed E-state index contributed by atoms with van der Waals surface area (Å²) in [5.41, 5.74) is 10.2. The minimum Gasteiger partial charge on any atom is -0.394 e. The van der Waals surface area contributed by atoms with E-state index >= 15 is 0 Å². The highest BCUT2D eigenvalue weighted by Gasteiger charge is 2.46. The van der Waals surface area contributed by atoms with E-state index in [9.17, 15) is 29.3 Å². The molecule has 19 nitrogen and oxygen atoms in total. The molecule has 0 saturated carbocycles. The molecule has 0 aliphatic carbocycles. The number of aromatic nitrogens is 3. The molecule has 1 aromatic rings. The van der Waals surface area contributed by atoms with Crippen LogP contribution >= 0.6 is 7.82 Å². The van der Waals surface area contributed by atoms with E-state index in [1.807, 2.05) is 0 Å². The first-order valence-electron chi connectivity index (χ1n) is 11.3. The van der Waals surface area contributed by atoms with E-state index < -0.39 is 75.5 Å². The highest BCUT2D eigenvalue weighted by molar-refractivity contribution is 7.47. The van der Waals surface area contributed by atoms with Gasteiger partial charge in [-0.1, -0.05) is 0 Å². The number of nitrogen functional groups attached to an aromatic ring is 1. The molecule has 5 heterocycles. The van der Waals surface area contributed by atoms with E-state index in [4.69, 9.17) is 30.0 Å². The molecule has 4 aliphatic heterocycles. The minimum absolute atomic E-state index is 0.0384. The van der Waals surface area contributed by atoms with Crippen molar-refractivity contribution >= 4 is 37.8 Å². The fraction of sp³-hybridized carbons (Fsp3) is 0.611. The van der Waals surface area contributed by atoms with Gasteiger partial charge in [-0.2, -0.15) is 15.0 Å². The third-order valence-corrected chi connectivity index (χ3v) is 7.15. The number of anilines is 1. The van der Waals surface area contributed by atoms with Crippen molar-refractivity contribution < 1.29 is 43.0 Å². The molecule has 7 N–H and O–H groups in total. The van der Waals surface area contributed by atoms with Crippen molar-refractivity contribution in [2.24, 2.45) is 20.7 Å². The van der Waals surface area contributed by atoms with Gasteiger partial charge in [0.15, 0.2) is 11.9 Å². The number of nitrogens with zero attached hydrogens (tertiary/aromatic N) is 7. The highest BCUT2D eigenvalue weighted by Crippen LogP contribution is 2.48. The van der Waals surface area contributed by atoms with Crippen LogP contribution in [0.5, 0.6) is 0 Å². The van der Waals surface area contributed by atoms with Crippen LogP contribution in [0.25, 0.3) is 0 Å². The van der Waals surface area contributed by atoms with E-state index in [1.54, 1.807) is 0 Å². The number of amides is 1. The lowest BCUT2D eigenvalue weighted by molar-refractivity contribution is -0.117. The number of nitrogens with two attached hydrogens (primary N) is 2. The Morgan fingerprint density at radius 2 is 1.92 bits per heavy atom. The summed E-state index contributed by atoms with van der Waals surface area (Å²) in [4.78, 5) is 54.6. The molecule has 4 aliphatic rings. The van der Waals surface area contributed by atoms with Crippen molar-refractivity contribution in [2.75, 3.05) is 18.9 Å². The van der Waals surface area contributed by atoms with Gasteiger partial charge in [0.05, 0.1) is 25.7 Å². The molecular formula is C18H24N9O10P. The van der Waals surface area contributed by atoms with Crippen molar-refractivity contribution in [1.29, 1.82) is 0 Å². The maximum Gasteiger partial charge on any atom is 0.472 e. The van der Waals surface area contributed by atoms with Crippen LogP contribution in [0.15, 0.2) is 26.1 Å². The lowest BCUT2D eigenvalue weighted by Gasteiger charge is -2.25. The number of rotatable bonds is 8. The molecule has 2 fully saturated rings. The van der Waals surface area contributed by atoms with Crippen molar-refractivity contribution in [3.63, 3.8) is 0 Å². The molecule has 0 radical (unpaired) electrons. The second kappa shape index (κ2) is 10.2. The Labute approximate surface area is 213 Å². The second-order valence-electron chi connectivity index (χ2n) is 8.64. The third-order valence-electron chi connectivity index (χ3n) is 6.14. The molecule has 20 heteroatoms. The van der Waals surface area contributed by atoms with Crippen molar-refractivity contribution in [1.82, 2.24) is 19.4 Å². The average molecular weight is 557 g/mol. The van der Waals surface area contributed by atoms with Crippen molar-refractivity contribution in [3.05, 3.63) is 16.8 Å². The zero-order chi connectivity index (χ0) is 27.2. The normalized spacial score (nSPS) is 34.2. The van der Waals surface area contributed by atoms with Crippen LogP contribution in [0.1, 0.15) is 19.1 Å². The number of carbonyl (C=O) groups is 1. The number of phosphoric ester groups is 1. The molecule has 2 unspecified atom stereocenters. The molecule has 0 bridgehead atoms. The SMILES string of the molecule is NC1=NC(=O)C2N=CN([C@H]3C[C@H](O)[C@@H](COP(=O)(O)O[C@H]4C[C@H](n5cnc(N)nc5=O)O[C@@H]4CO)O3)C2=N1. The molecule has 1 aromatic heterocycles. The number of hydrogen-bond donors (Lipinski definition) is 5. The summed E-state index contributed by atoms with van der Waals surface area (Å²) in [7, 11) is -4.76. The second-order valence-corrected chi connectivity index (χ2v) is 10.1. The van der Waals surface area contributed by atoms with Crippen LogP contribution in [0.2, 0.25) is 0 Å². The number of ether oxygens (including phenoxy) is 2. The summed E-state index contributed by atoms with van der Waals surface area (Å²) in [5, 5.41) is 20.1. The Morgan fingerprint density at radius 3 is 2.66 bits per heavy atom. The Balaban J connectivity index is 1.18. The number of aliphatic hydroxyl groups is 2. The van der Waals surface area contributed by atoms with Gasteiger partial charge >= 0.3 is 13.5 Å². The highest BCUT2D eigenvalue weighted by atomic mass is 31.2. The lowest BCUT2D eigenvalue weighted by Crippen LogP contribution is -2.44. The Morgan fingerprint density at radius 1 is 1.16 bits per heavy atom. The summed E-state index contributed by atoms with van der Waals surface area (Å²) in [6.45, 7) is -1.13. The van der Waals surface area contributed by atoms with E-state index in [0.29, 0.717) is 0 Å². The lowest BCUT2D eigenvalue weighted by atomic mass is 10.2. The maximum absolute atomic E-state index is 12.7. The predicted molar refractivity (Wildman–Crippen MR) is 124 cm³/mol. The minimum atomic E-state index is -4.76. The van der Waals surface area contributed by atoms with Crippen LogP contribution in [-0.2, 0) is 27.9 Å². The number of guanidine groups is 1. The number of hydrogen-bond acceptors (Lipinski definition) is 16. The number of carbonyl (C=O) groups excluding carboxylic acids is 1. The monoisotopic (exact) mass is 557 g/mol. The number of amidine groups is 1. The average Bonchev–Trinajstić information content (AvgIpc) is 3.54. The Bertz CT molecular complexity index is 1300. The van der Waals surface area contributed by atoms with E-state index in [-0.39, 0.29) is 30.6 Å². The van der Waals surface area contributed by atoms with E-state index in [0.717, 1.165) is 10.9 Å². The van der Waals surface area contributed by atoms with Crippen molar-refractivity contribution in [3.8, 4) is 0 Å². The first kappa shape index (κ1) is 26.4. The van der Waals surface area contributed by atoms with Gasteiger partial charge in [0.1, 0.15) is 37.1 Å². The third kappa shape index (κ3) is 5.22. The van der Waals surface area contributed by atoms with Gasteiger partial charge in [-0.25, -0.2) is 14.3 Å². The molecule has 206 valence electrons. The van der Waals surface area contributed by atoms with Crippen LogP contribution in [-0.4, -0.2) is 108 Å². The summed E-state index contributed by atoms with van der Waals surface area (Å²) >= 11 is 0. The largest absolute Gasteiger partial charge is 0.472 e. The van der Waals surface area contributed by atoms with Crippen molar-refractivity contribution in [2.45, 2.75) is 55.8 Å².